The number of aromatic amines is 1. The number of aromatic hydroxyl groups is 1. The molecule has 0 aliphatic carbocycles. The Hall–Kier alpha value is -4.14. The molecule has 4 rings (SSSR count). The van der Waals surface area contributed by atoms with E-state index in [2.05, 4.69) is 20.6 Å². The first-order chi connectivity index (χ1) is 15.5. The van der Waals surface area contributed by atoms with Gasteiger partial charge in [0, 0.05) is 32.2 Å². The number of hydrogen-bond acceptors (Lipinski definition) is 6. The van der Waals surface area contributed by atoms with Crippen LogP contribution in [0.15, 0.2) is 42.5 Å². The van der Waals surface area contributed by atoms with Gasteiger partial charge in [0.25, 0.3) is 0 Å². The molecule has 0 aliphatic heterocycles. The number of carbonyl (C=O) groups excluding carboxylic acids is 1. The smallest absolute Gasteiger partial charge is 0.217 e. The first-order valence-corrected chi connectivity index (χ1v) is 10.0. The molecule has 1 amide bonds. The predicted octanol–water partition coefficient (Wildman–Crippen LogP) is 3.42. The number of aromatic nitrogens is 3. The van der Waals surface area contributed by atoms with Crippen molar-refractivity contribution in [1.29, 1.82) is 0 Å². The second-order valence-corrected chi connectivity index (χ2v) is 7.19. The molecule has 32 heavy (non-hydrogen) atoms. The fraction of sp³-hybridized carbons (Fsp3) is 0.217. The van der Waals surface area contributed by atoms with E-state index in [0.29, 0.717) is 40.1 Å². The number of rotatable bonds is 7. The largest absolute Gasteiger partial charge is 0.505 e. The van der Waals surface area contributed by atoms with Gasteiger partial charge in [-0.25, -0.2) is 4.98 Å². The maximum absolute atomic E-state index is 11.6. The van der Waals surface area contributed by atoms with E-state index in [1.54, 1.807) is 27.3 Å². The minimum atomic E-state index is -0.211. The van der Waals surface area contributed by atoms with Gasteiger partial charge in [-0.05, 0) is 12.1 Å². The van der Waals surface area contributed by atoms with Gasteiger partial charge >= 0.3 is 0 Å². The number of carbonyl (C=O) groups is 1. The second-order valence-electron chi connectivity index (χ2n) is 7.19. The summed E-state index contributed by atoms with van der Waals surface area (Å²) in [6, 6.07) is 13.0. The Morgan fingerprint density at radius 1 is 1.16 bits per heavy atom. The highest BCUT2D eigenvalue weighted by Gasteiger charge is 2.27. The second kappa shape index (κ2) is 8.54. The Kier molecular flexibility index (Phi) is 5.63. The molecule has 0 radical (unpaired) electrons. The van der Waals surface area contributed by atoms with Gasteiger partial charge < -0.3 is 30.2 Å². The number of methoxy groups -OCH3 is 2. The summed E-state index contributed by atoms with van der Waals surface area (Å²) < 4.78 is 12.7. The third-order valence-electron chi connectivity index (χ3n) is 5.20. The van der Waals surface area contributed by atoms with Gasteiger partial charge in [-0.1, -0.05) is 12.1 Å². The Balaban J connectivity index is 1.99. The van der Waals surface area contributed by atoms with Gasteiger partial charge in [0.15, 0.2) is 5.75 Å². The lowest BCUT2D eigenvalue weighted by Crippen LogP contribution is -2.21. The molecule has 2 aromatic heterocycles. The third kappa shape index (κ3) is 3.68. The van der Waals surface area contributed by atoms with Crippen molar-refractivity contribution < 1.29 is 19.4 Å². The highest BCUT2D eigenvalue weighted by atomic mass is 16.5. The number of nitrogens with one attached hydrogen (secondary N) is 3. The Morgan fingerprint density at radius 2 is 1.84 bits per heavy atom. The lowest BCUT2D eigenvalue weighted by Gasteiger charge is -2.16. The van der Waals surface area contributed by atoms with Crippen LogP contribution in [0.1, 0.15) is 12.6 Å². The number of benzene rings is 2. The van der Waals surface area contributed by atoms with E-state index < -0.39 is 0 Å². The standard InChI is InChI=1S/C23H25N5O4/c1-13(29)25-12-19-21(30)20(22-26-17-7-5-6-8-18(17)27-22)23(24-2)28(19)14-9-15(31-3)11-16(10-14)32-4/h5-11,24,30H,12H2,1-4H3,(H,25,29)(H,26,27). The van der Waals surface area contributed by atoms with E-state index in [-0.39, 0.29) is 18.2 Å². The number of para-hydroxylation sites is 2. The Bertz CT molecular complexity index is 1240. The first-order valence-electron chi connectivity index (χ1n) is 10.0. The normalized spacial score (nSPS) is 10.9. The van der Waals surface area contributed by atoms with Crippen LogP contribution in [0.25, 0.3) is 28.1 Å². The molecule has 0 atom stereocenters. The van der Waals surface area contributed by atoms with Crippen molar-refractivity contribution in [2.24, 2.45) is 0 Å². The summed E-state index contributed by atoms with van der Waals surface area (Å²) in [6.07, 6.45) is 0. The van der Waals surface area contributed by atoms with Gasteiger partial charge in [-0.3, -0.25) is 9.36 Å². The monoisotopic (exact) mass is 435 g/mol. The van der Waals surface area contributed by atoms with Crippen molar-refractivity contribution in [3.63, 3.8) is 0 Å². The summed E-state index contributed by atoms with van der Waals surface area (Å²) >= 11 is 0. The van der Waals surface area contributed by atoms with E-state index in [4.69, 9.17) is 9.47 Å². The number of fused-ring (bicyclic) bond motifs is 1. The fourth-order valence-electron chi connectivity index (χ4n) is 3.72. The van der Waals surface area contributed by atoms with Gasteiger partial charge in [-0.15, -0.1) is 0 Å². The number of ether oxygens (including phenoxy) is 2. The molecule has 9 nitrogen and oxygen atoms in total. The van der Waals surface area contributed by atoms with E-state index in [0.717, 1.165) is 11.0 Å². The van der Waals surface area contributed by atoms with Crippen LogP contribution in [0.4, 0.5) is 5.82 Å². The van der Waals surface area contributed by atoms with E-state index in [1.165, 1.54) is 6.92 Å². The average Bonchev–Trinajstić information content (AvgIpc) is 3.34. The van der Waals surface area contributed by atoms with E-state index >= 15 is 0 Å². The van der Waals surface area contributed by atoms with Crippen molar-refractivity contribution in [2.45, 2.75) is 13.5 Å². The van der Waals surface area contributed by atoms with Gasteiger partial charge in [0.2, 0.25) is 5.91 Å². The minimum absolute atomic E-state index is 0.00365. The molecule has 0 spiro atoms. The minimum Gasteiger partial charge on any atom is -0.505 e. The summed E-state index contributed by atoms with van der Waals surface area (Å²) in [5, 5.41) is 17.2. The van der Waals surface area contributed by atoms with Crippen molar-refractivity contribution in [3.05, 3.63) is 48.2 Å². The van der Waals surface area contributed by atoms with E-state index in [1.807, 2.05) is 41.0 Å². The number of imidazole rings is 1. The van der Waals surface area contributed by atoms with Crippen LogP contribution < -0.4 is 20.1 Å². The maximum Gasteiger partial charge on any atom is 0.217 e. The van der Waals surface area contributed by atoms with Crippen molar-refractivity contribution in [2.75, 3.05) is 26.6 Å². The first kappa shape index (κ1) is 21.1. The molecular weight excluding hydrogens is 410 g/mol. The van der Waals surface area contributed by atoms with Crippen molar-refractivity contribution in [3.8, 4) is 34.3 Å². The van der Waals surface area contributed by atoms with Crippen LogP contribution in [0, 0.1) is 0 Å². The topological polar surface area (TPSA) is 113 Å². The summed E-state index contributed by atoms with van der Waals surface area (Å²) in [5.74, 6) is 2.07. The molecule has 0 fully saturated rings. The molecule has 4 aromatic rings. The molecule has 0 bridgehead atoms. The quantitative estimate of drug-likeness (QED) is 0.354. The molecule has 2 aromatic carbocycles. The molecular formula is C23H25N5O4. The molecule has 2 heterocycles. The number of H-pyrrole nitrogens is 1. The average molecular weight is 435 g/mol. The molecule has 0 unspecified atom stereocenters. The van der Waals surface area contributed by atoms with Crippen LogP contribution in [0.3, 0.4) is 0 Å². The lowest BCUT2D eigenvalue weighted by molar-refractivity contribution is -0.119. The summed E-state index contributed by atoms with van der Waals surface area (Å²) in [5.41, 5.74) is 3.29. The molecule has 0 aliphatic rings. The SMILES string of the molecule is CNc1c(-c2nc3ccccc3[nH]2)c(O)c(CNC(C)=O)n1-c1cc(OC)cc(OC)c1. The van der Waals surface area contributed by atoms with Crippen LogP contribution in [-0.4, -0.2) is 46.8 Å². The number of nitrogens with zero attached hydrogens (tertiary/aromatic N) is 2. The zero-order chi connectivity index (χ0) is 22.8. The Morgan fingerprint density at radius 3 is 2.44 bits per heavy atom. The summed E-state index contributed by atoms with van der Waals surface area (Å²) in [6.45, 7) is 1.54. The van der Waals surface area contributed by atoms with Crippen molar-refractivity contribution in [1.82, 2.24) is 19.9 Å². The molecule has 166 valence electrons. The summed E-state index contributed by atoms with van der Waals surface area (Å²) in [7, 11) is 4.91. The fourth-order valence-corrected chi connectivity index (χ4v) is 3.72. The van der Waals surface area contributed by atoms with Crippen molar-refractivity contribution >= 4 is 22.8 Å². The summed E-state index contributed by atoms with van der Waals surface area (Å²) in [4.78, 5) is 19.6. The maximum atomic E-state index is 11.6. The number of anilines is 1. The predicted molar refractivity (Wildman–Crippen MR) is 123 cm³/mol. The number of hydrogen-bond donors (Lipinski definition) is 4. The van der Waals surface area contributed by atoms with Crippen LogP contribution >= 0.6 is 0 Å². The molecule has 0 saturated carbocycles. The van der Waals surface area contributed by atoms with Crippen LogP contribution in [0.5, 0.6) is 17.2 Å². The van der Waals surface area contributed by atoms with Crippen LogP contribution in [0.2, 0.25) is 0 Å². The third-order valence-corrected chi connectivity index (χ3v) is 5.20. The lowest BCUT2D eigenvalue weighted by atomic mass is 10.2. The molecule has 4 N–H and O–H groups in total. The van der Waals surface area contributed by atoms with Gasteiger partial charge in [-0.2, -0.15) is 0 Å². The van der Waals surface area contributed by atoms with Gasteiger partial charge in [0.1, 0.15) is 28.7 Å². The highest BCUT2D eigenvalue weighted by Crippen LogP contribution is 2.43. The zero-order valence-electron chi connectivity index (χ0n) is 18.3. The molecule has 0 saturated heterocycles. The molecule has 9 heteroatoms. The van der Waals surface area contributed by atoms with E-state index in [9.17, 15) is 9.90 Å². The Labute approximate surface area is 185 Å². The zero-order valence-corrected chi connectivity index (χ0v) is 18.3. The van der Waals surface area contributed by atoms with Crippen LogP contribution in [-0.2, 0) is 11.3 Å². The highest BCUT2D eigenvalue weighted by molar-refractivity contribution is 5.87. The number of amides is 1. The van der Waals surface area contributed by atoms with Gasteiger partial charge in [0.05, 0.1) is 43.2 Å².